The molecule has 2 bridgehead atoms. The second-order valence-electron chi connectivity index (χ2n) is 12.5. The molecule has 1 aromatic carbocycles. The Bertz CT molecular complexity index is 2070. The summed E-state index contributed by atoms with van der Waals surface area (Å²) in [4.78, 5) is 36.4. The Morgan fingerprint density at radius 2 is 1.84 bits per heavy atom. The summed E-state index contributed by atoms with van der Waals surface area (Å²) in [5, 5.41) is 17.2. The third kappa shape index (κ3) is 6.72. The van der Waals surface area contributed by atoms with Crippen molar-refractivity contribution in [3.63, 3.8) is 0 Å². The number of fused-ring (bicyclic) bond motifs is 4. The number of benzene rings is 1. The predicted octanol–water partition coefficient (Wildman–Crippen LogP) is 5.11. The standard InChI is InChI=1S/C33H32ClF3N10O2/c1-19-3-2-4-28(25-13-20(7-12-39-25)31-26(41-32(19)49)16-46(43-31)22-8-10-38-11-9-22)45-18-40-24(15-30(45)48)23-14-21(34)5-6-27(23)47-17-29(42-44-47)33(35,36)37/h5-7,12-19,22,28,38H,2-4,8-11H2,1H3,(H,41,49)/p+1/t19-,28+/m1/s1. The van der Waals surface area contributed by atoms with Gasteiger partial charge >= 0.3 is 6.18 Å². The van der Waals surface area contributed by atoms with Gasteiger partial charge in [0, 0.05) is 60.3 Å². The summed E-state index contributed by atoms with van der Waals surface area (Å²) in [7, 11) is 0. The van der Waals surface area contributed by atoms with Crippen molar-refractivity contribution in [1.82, 2.24) is 39.9 Å². The molecular formula is C33H33ClF3N10O2+. The smallest absolute Gasteiger partial charge is 0.319 e. The van der Waals surface area contributed by atoms with Crippen molar-refractivity contribution in [2.45, 2.75) is 57.3 Å². The van der Waals surface area contributed by atoms with Crippen molar-refractivity contribution in [3.05, 3.63) is 88.1 Å². The average Bonchev–Trinajstić information content (AvgIpc) is 3.76. The summed E-state index contributed by atoms with van der Waals surface area (Å²) < 4.78 is 44.3. The van der Waals surface area contributed by atoms with Crippen molar-refractivity contribution < 1.29 is 22.6 Å². The summed E-state index contributed by atoms with van der Waals surface area (Å²) in [6.07, 6.45) is 4.76. The van der Waals surface area contributed by atoms with Crippen LogP contribution in [0.5, 0.6) is 0 Å². The SMILES string of the molecule is C[C@@H]1CCC[C@H](n2cnc(-c3cc(Cl)ccc3-n3cc(C(F)(F)F)nn3)cc2=O)c2cc(ccn2)-c2[nH][n+](C3CCNCC3)cc2NC1=O. The Hall–Kier alpha value is -4.89. The number of H-pyrrole nitrogens is 1. The molecule has 3 N–H and O–H groups in total. The maximum atomic E-state index is 13.8. The van der Waals surface area contributed by atoms with Crippen LogP contribution >= 0.6 is 11.6 Å². The highest BCUT2D eigenvalue weighted by Gasteiger charge is 2.35. The van der Waals surface area contributed by atoms with Gasteiger partial charge in [0.1, 0.15) is 11.4 Å². The van der Waals surface area contributed by atoms with E-state index < -0.39 is 23.5 Å². The Morgan fingerprint density at radius 3 is 2.59 bits per heavy atom. The average molecular weight is 694 g/mol. The predicted molar refractivity (Wildman–Crippen MR) is 174 cm³/mol. The molecule has 49 heavy (non-hydrogen) atoms. The normalized spacial score (nSPS) is 19.1. The molecule has 0 radical (unpaired) electrons. The first-order valence-corrected chi connectivity index (χ1v) is 16.4. The van der Waals surface area contributed by atoms with Gasteiger partial charge in [0.2, 0.25) is 12.1 Å². The van der Waals surface area contributed by atoms with Crippen molar-refractivity contribution >= 4 is 23.2 Å². The van der Waals surface area contributed by atoms with Crippen molar-refractivity contribution in [1.29, 1.82) is 0 Å². The Labute approximate surface area is 283 Å². The minimum Gasteiger partial charge on any atom is -0.319 e. The van der Waals surface area contributed by atoms with E-state index in [1.54, 1.807) is 6.20 Å². The number of hydrogen-bond acceptors (Lipinski definition) is 7. The van der Waals surface area contributed by atoms with Crippen LogP contribution < -0.4 is 20.9 Å². The number of nitrogens with one attached hydrogen (secondary N) is 3. The Kier molecular flexibility index (Phi) is 8.79. The number of hydrogen-bond donors (Lipinski definition) is 3. The largest absolute Gasteiger partial charge is 0.436 e. The number of nitrogens with zero attached hydrogens (tertiary/aromatic N) is 7. The third-order valence-electron chi connectivity index (χ3n) is 9.15. The summed E-state index contributed by atoms with van der Waals surface area (Å²) in [6, 6.07) is 9.35. The number of amides is 1. The second kappa shape index (κ2) is 13.2. The number of alkyl halides is 3. The molecule has 1 saturated heterocycles. The lowest BCUT2D eigenvalue weighted by Gasteiger charge is -2.22. The van der Waals surface area contributed by atoms with Crippen molar-refractivity contribution in [2.75, 3.05) is 18.4 Å². The van der Waals surface area contributed by atoms with E-state index >= 15 is 0 Å². The number of halogens is 4. The van der Waals surface area contributed by atoms with Gasteiger partial charge < -0.3 is 10.6 Å². The van der Waals surface area contributed by atoms with Gasteiger partial charge in [-0.3, -0.25) is 19.1 Å². The van der Waals surface area contributed by atoms with Crippen LogP contribution in [0.4, 0.5) is 18.9 Å². The summed E-state index contributed by atoms with van der Waals surface area (Å²) in [6.45, 7) is 3.70. The molecule has 16 heteroatoms. The minimum absolute atomic E-state index is 0.0839. The van der Waals surface area contributed by atoms with Crippen LogP contribution in [-0.2, 0) is 11.0 Å². The molecule has 12 nitrogen and oxygen atoms in total. The molecule has 254 valence electrons. The lowest BCUT2D eigenvalue weighted by atomic mass is 9.97. The van der Waals surface area contributed by atoms with Gasteiger partial charge in [-0.1, -0.05) is 30.2 Å². The second-order valence-corrected chi connectivity index (χ2v) is 12.9. The van der Waals surface area contributed by atoms with Crippen LogP contribution in [0, 0.1) is 5.92 Å². The van der Waals surface area contributed by atoms with E-state index in [2.05, 4.69) is 40.7 Å². The molecule has 5 aromatic rings. The Balaban J connectivity index is 1.27. The van der Waals surface area contributed by atoms with Crippen LogP contribution in [0.1, 0.15) is 62.5 Å². The first-order chi connectivity index (χ1) is 23.5. The van der Waals surface area contributed by atoms with Crippen LogP contribution in [-0.4, -0.2) is 53.6 Å². The molecule has 4 aromatic heterocycles. The van der Waals surface area contributed by atoms with Gasteiger partial charge in [-0.15, -0.1) is 9.78 Å². The van der Waals surface area contributed by atoms with Crippen LogP contribution in [0.15, 0.2) is 66.1 Å². The number of pyridine rings is 1. The molecule has 1 amide bonds. The number of carbonyl (C=O) groups is 1. The number of rotatable bonds is 4. The number of anilines is 1. The zero-order valence-electron chi connectivity index (χ0n) is 26.4. The molecule has 1 fully saturated rings. The van der Waals surface area contributed by atoms with Crippen molar-refractivity contribution in [3.8, 4) is 28.2 Å². The fraction of sp³-hybridized carbons (Fsp3) is 0.364. The number of aromatic nitrogens is 8. The molecule has 0 spiro atoms. The monoisotopic (exact) mass is 693 g/mol. The third-order valence-corrected chi connectivity index (χ3v) is 9.38. The maximum Gasteiger partial charge on any atom is 0.436 e. The van der Waals surface area contributed by atoms with Gasteiger partial charge in [0.05, 0.1) is 35.6 Å². The molecule has 0 aliphatic carbocycles. The molecule has 0 saturated carbocycles. The zero-order valence-corrected chi connectivity index (χ0v) is 27.2. The van der Waals surface area contributed by atoms with E-state index in [-0.39, 0.29) is 29.2 Å². The van der Waals surface area contributed by atoms with Crippen LogP contribution in [0.25, 0.3) is 28.2 Å². The number of carbonyl (C=O) groups excluding carboxylic acids is 1. The van der Waals surface area contributed by atoms with E-state index in [0.29, 0.717) is 41.2 Å². The van der Waals surface area contributed by atoms with Crippen LogP contribution in [0.3, 0.4) is 0 Å². The molecule has 2 aliphatic heterocycles. The number of piperidine rings is 1. The van der Waals surface area contributed by atoms with E-state index in [1.807, 2.05) is 25.3 Å². The van der Waals surface area contributed by atoms with Gasteiger partial charge in [-0.05, 0) is 43.2 Å². The molecular weight excluding hydrogens is 661 g/mol. The van der Waals surface area contributed by atoms with Gasteiger partial charge in [0.15, 0.2) is 11.7 Å². The van der Waals surface area contributed by atoms with E-state index in [4.69, 9.17) is 11.6 Å². The zero-order chi connectivity index (χ0) is 34.3. The highest BCUT2D eigenvalue weighted by molar-refractivity contribution is 6.31. The van der Waals surface area contributed by atoms with E-state index in [1.165, 1.54) is 35.2 Å². The Morgan fingerprint density at radius 1 is 1.02 bits per heavy atom. The fourth-order valence-corrected chi connectivity index (χ4v) is 6.63. The summed E-state index contributed by atoms with van der Waals surface area (Å²) >= 11 is 6.27. The van der Waals surface area contributed by atoms with Gasteiger partial charge in [0.25, 0.3) is 5.56 Å². The van der Waals surface area contributed by atoms with Gasteiger partial charge in [-0.25, -0.2) is 9.67 Å². The molecule has 2 atom stereocenters. The molecule has 6 heterocycles. The van der Waals surface area contributed by atoms with E-state index in [0.717, 1.165) is 48.1 Å². The molecule has 7 rings (SSSR count). The molecule has 2 aliphatic rings. The fourth-order valence-electron chi connectivity index (χ4n) is 6.46. The minimum atomic E-state index is -4.68. The molecule has 0 unspecified atom stereocenters. The maximum absolute atomic E-state index is 13.8. The topological polar surface area (TPSA) is 139 Å². The number of aromatic amines is 1. The first-order valence-electron chi connectivity index (χ1n) is 16.1. The van der Waals surface area contributed by atoms with Crippen LogP contribution in [0.2, 0.25) is 5.02 Å². The lowest BCUT2D eigenvalue weighted by molar-refractivity contribution is -0.774. The summed E-state index contributed by atoms with van der Waals surface area (Å²) in [5.74, 6) is -0.367. The lowest BCUT2D eigenvalue weighted by Crippen LogP contribution is -2.46. The summed E-state index contributed by atoms with van der Waals surface area (Å²) in [5.41, 5.74) is 2.04. The van der Waals surface area contributed by atoms with E-state index in [9.17, 15) is 22.8 Å². The highest BCUT2D eigenvalue weighted by Crippen LogP contribution is 2.33. The quantitative estimate of drug-likeness (QED) is 0.222. The highest BCUT2D eigenvalue weighted by atomic mass is 35.5. The van der Waals surface area contributed by atoms with Gasteiger partial charge in [-0.2, -0.15) is 18.3 Å². The first kappa shape index (κ1) is 32.6. The van der Waals surface area contributed by atoms with Crippen molar-refractivity contribution in [2.24, 2.45) is 5.92 Å².